The second kappa shape index (κ2) is 5.69. The molecule has 1 aromatic rings. The Labute approximate surface area is 104 Å². The summed E-state index contributed by atoms with van der Waals surface area (Å²) in [6.45, 7) is 0. The van der Waals surface area contributed by atoms with Crippen LogP contribution in [0.3, 0.4) is 0 Å². The average molecular weight is 257 g/mol. The van der Waals surface area contributed by atoms with E-state index in [2.05, 4.69) is 20.9 Å². The van der Waals surface area contributed by atoms with Crippen LogP contribution in [0.1, 0.15) is 5.56 Å². The first-order valence-electron chi connectivity index (χ1n) is 4.40. The number of aromatic nitrogens is 2. The van der Waals surface area contributed by atoms with E-state index >= 15 is 0 Å². The molecule has 0 atom stereocenters. The lowest BCUT2D eigenvalue weighted by atomic mass is 10.2. The monoisotopic (exact) mass is 256 g/mol. The second-order valence-electron chi connectivity index (χ2n) is 3.17. The zero-order chi connectivity index (χ0) is 12.1. The van der Waals surface area contributed by atoms with Gasteiger partial charge in [0.05, 0.1) is 6.34 Å². The van der Waals surface area contributed by atoms with E-state index in [0.29, 0.717) is 12.0 Å². The van der Waals surface area contributed by atoms with Gasteiger partial charge in [0.15, 0.2) is 0 Å². The molecule has 0 bridgehead atoms. The first kappa shape index (κ1) is 12.8. The summed E-state index contributed by atoms with van der Waals surface area (Å²) >= 11 is 11.8. The Bertz CT molecular complexity index is 426. The third kappa shape index (κ3) is 3.37. The van der Waals surface area contributed by atoms with Gasteiger partial charge in [-0.2, -0.15) is 9.97 Å². The maximum atomic E-state index is 5.91. The molecule has 0 radical (unpaired) electrons. The fraction of sp³-hybridized carbons (Fsp3) is 0.300. The van der Waals surface area contributed by atoms with Gasteiger partial charge in [-0.05, 0) is 0 Å². The van der Waals surface area contributed by atoms with Gasteiger partial charge in [0.25, 0.3) is 5.95 Å². The Hall–Kier alpha value is -1.31. The molecular weight excluding hydrogens is 247 g/mol. The Morgan fingerprint density at radius 2 is 1.94 bits per heavy atom. The normalized spacial score (nSPS) is 10.4. The molecule has 16 heavy (non-hydrogen) atoms. The summed E-state index contributed by atoms with van der Waals surface area (Å²) in [5.74, 6) is 2.65. The van der Waals surface area contributed by atoms with Crippen LogP contribution in [0.25, 0.3) is 0 Å². The smallest absolute Gasteiger partial charge is 0.253 e. The van der Waals surface area contributed by atoms with Crippen LogP contribution in [-0.2, 0) is 6.42 Å². The Kier molecular flexibility index (Phi) is 4.53. The van der Waals surface area contributed by atoms with Crippen molar-refractivity contribution in [2.24, 2.45) is 4.99 Å². The summed E-state index contributed by atoms with van der Waals surface area (Å²) in [6, 6.07) is 0. The predicted octanol–water partition coefficient (Wildman–Crippen LogP) is 2.18. The highest BCUT2D eigenvalue weighted by atomic mass is 35.5. The van der Waals surface area contributed by atoms with Gasteiger partial charge < -0.3 is 4.90 Å². The van der Waals surface area contributed by atoms with Gasteiger partial charge in [0.1, 0.15) is 10.3 Å². The van der Waals surface area contributed by atoms with E-state index in [-0.39, 0.29) is 16.3 Å². The molecular formula is C10H10Cl2N4. The van der Waals surface area contributed by atoms with Crippen molar-refractivity contribution in [3.05, 3.63) is 15.9 Å². The van der Waals surface area contributed by atoms with Crippen LogP contribution in [0.4, 0.5) is 5.95 Å². The van der Waals surface area contributed by atoms with Crippen molar-refractivity contribution in [1.29, 1.82) is 0 Å². The molecule has 0 unspecified atom stereocenters. The fourth-order valence-electron chi connectivity index (χ4n) is 0.893. The molecule has 0 aliphatic heterocycles. The highest BCUT2D eigenvalue weighted by Gasteiger charge is 2.09. The number of hydrogen-bond acceptors (Lipinski definition) is 3. The minimum absolute atomic E-state index is 0.212. The third-order valence-corrected chi connectivity index (χ3v) is 2.20. The van der Waals surface area contributed by atoms with Crippen LogP contribution < -0.4 is 0 Å². The summed E-state index contributed by atoms with van der Waals surface area (Å²) in [7, 11) is 3.67. The van der Waals surface area contributed by atoms with E-state index in [9.17, 15) is 0 Å². The molecule has 0 aromatic carbocycles. The van der Waals surface area contributed by atoms with Crippen LogP contribution in [0.15, 0.2) is 4.99 Å². The molecule has 1 aromatic heterocycles. The zero-order valence-electron chi connectivity index (χ0n) is 8.91. The van der Waals surface area contributed by atoms with Crippen LogP contribution in [-0.4, -0.2) is 35.3 Å². The van der Waals surface area contributed by atoms with Crippen molar-refractivity contribution in [3.8, 4) is 12.3 Å². The first-order chi connectivity index (χ1) is 7.54. The molecule has 0 amide bonds. The van der Waals surface area contributed by atoms with Crippen LogP contribution in [0.2, 0.25) is 10.3 Å². The van der Waals surface area contributed by atoms with Gasteiger partial charge in [-0.1, -0.05) is 23.2 Å². The minimum Gasteiger partial charge on any atom is -0.369 e. The van der Waals surface area contributed by atoms with Gasteiger partial charge in [0, 0.05) is 26.1 Å². The lowest BCUT2D eigenvalue weighted by molar-refractivity contribution is 0.642. The number of nitrogens with zero attached hydrogens (tertiary/aromatic N) is 4. The molecule has 0 saturated carbocycles. The molecule has 4 nitrogen and oxygen atoms in total. The standard InChI is InChI=1S/C10H10Cl2N4/c1-4-5-7-8(11)14-10(15-9(7)12)13-6-16(2)3/h1,6H,5H2,2-3H3/b13-6+. The number of rotatable bonds is 3. The van der Waals surface area contributed by atoms with Crippen molar-refractivity contribution in [1.82, 2.24) is 14.9 Å². The number of hydrogen-bond donors (Lipinski definition) is 0. The Balaban J connectivity index is 3.06. The van der Waals surface area contributed by atoms with Crippen LogP contribution in [0, 0.1) is 12.3 Å². The molecule has 0 aliphatic carbocycles. The van der Waals surface area contributed by atoms with Gasteiger partial charge in [-0.15, -0.1) is 12.3 Å². The molecule has 0 spiro atoms. The molecule has 1 rings (SSSR count). The van der Waals surface area contributed by atoms with E-state index in [4.69, 9.17) is 29.6 Å². The molecule has 84 valence electrons. The third-order valence-electron chi connectivity index (χ3n) is 1.58. The Morgan fingerprint density at radius 3 is 2.38 bits per heavy atom. The minimum atomic E-state index is 0.212. The molecule has 0 aliphatic rings. The number of halogens is 2. The molecule has 0 saturated heterocycles. The molecule has 0 N–H and O–H groups in total. The largest absolute Gasteiger partial charge is 0.369 e. The predicted molar refractivity (Wildman–Crippen MR) is 66.4 cm³/mol. The quantitative estimate of drug-likeness (QED) is 0.360. The fourth-order valence-corrected chi connectivity index (χ4v) is 1.41. The number of terminal acetylenes is 1. The van der Waals surface area contributed by atoms with E-state index in [0.717, 1.165) is 0 Å². The topological polar surface area (TPSA) is 41.4 Å². The van der Waals surface area contributed by atoms with E-state index in [1.807, 2.05) is 14.1 Å². The van der Waals surface area contributed by atoms with Crippen molar-refractivity contribution in [3.63, 3.8) is 0 Å². The summed E-state index contributed by atoms with van der Waals surface area (Å²) in [5, 5.41) is 0.479. The van der Waals surface area contributed by atoms with E-state index in [1.54, 1.807) is 11.2 Å². The van der Waals surface area contributed by atoms with Crippen molar-refractivity contribution in [2.45, 2.75) is 6.42 Å². The van der Waals surface area contributed by atoms with Gasteiger partial charge in [-0.25, -0.2) is 4.99 Å². The highest BCUT2D eigenvalue weighted by Crippen LogP contribution is 2.23. The lowest BCUT2D eigenvalue weighted by Crippen LogP contribution is -2.07. The summed E-state index contributed by atoms with van der Waals surface area (Å²) in [5.41, 5.74) is 0.551. The summed E-state index contributed by atoms with van der Waals surface area (Å²) < 4.78 is 0. The summed E-state index contributed by atoms with van der Waals surface area (Å²) in [4.78, 5) is 13.7. The van der Waals surface area contributed by atoms with Gasteiger partial charge >= 0.3 is 0 Å². The SMILES string of the molecule is C#CCc1c(Cl)nc(/N=C/N(C)C)nc1Cl. The van der Waals surface area contributed by atoms with Crippen LogP contribution >= 0.6 is 23.2 Å². The van der Waals surface area contributed by atoms with Gasteiger partial charge in [0.2, 0.25) is 0 Å². The maximum absolute atomic E-state index is 5.91. The Morgan fingerprint density at radius 1 is 1.38 bits per heavy atom. The van der Waals surface area contributed by atoms with Crippen molar-refractivity contribution < 1.29 is 0 Å². The van der Waals surface area contributed by atoms with Gasteiger partial charge in [-0.3, -0.25) is 0 Å². The van der Waals surface area contributed by atoms with Crippen LogP contribution in [0.5, 0.6) is 0 Å². The summed E-state index contributed by atoms with van der Waals surface area (Å²) in [6.07, 6.45) is 7.03. The molecule has 1 heterocycles. The molecule has 6 heteroatoms. The lowest BCUT2D eigenvalue weighted by Gasteiger charge is -2.04. The molecule has 0 fully saturated rings. The number of aliphatic imine (C=N–C) groups is 1. The second-order valence-corrected chi connectivity index (χ2v) is 3.89. The van der Waals surface area contributed by atoms with E-state index in [1.165, 1.54) is 0 Å². The van der Waals surface area contributed by atoms with Crippen molar-refractivity contribution >= 4 is 35.5 Å². The first-order valence-corrected chi connectivity index (χ1v) is 5.16. The average Bonchev–Trinajstić information content (AvgIpc) is 2.20. The highest BCUT2D eigenvalue weighted by molar-refractivity contribution is 6.34. The van der Waals surface area contributed by atoms with E-state index < -0.39 is 0 Å². The zero-order valence-corrected chi connectivity index (χ0v) is 10.4. The maximum Gasteiger partial charge on any atom is 0.253 e. The van der Waals surface area contributed by atoms with Crippen molar-refractivity contribution in [2.75, 3.05) is 14.1 Å².